The Morgan fingerprint density at radius 2 is 1.26 bits per heavy atom. The van der Waals surface area contributed by atoms with Crippen LogP contribution in [0.5, 0.6) is 0 Å². The van der Waals surface area contributed by atoms with Crippen LogP contribution in [-0.4, -0.2) is 59.8 Å². The van der Waals surface area contributed by atoms with Gasteiger partial charge in [-0.2, -0.15) is 13.2 Å². The van der Waals surface area contributed by atoms with Crippen LogP contribution in [0.3, 0.4) is 0 Å². The van der Waals surface area contributed by atoms with Crippen LogP contribution in [0.15, 0.2) is 0 Å². The minimum atomic E-state index is -5.12. The van der Waals surface area contributed by atoms with Gasteiger partial charge in [0.25, 0.3) is 0 Å². The van der Waals surface area contributed by atoms with Crippen LogP contribution in [0.1, 0.15) is 33.6 Å². The van der Waals surface area contributed by atoms with Crippen LogP contribution < -0.4 is 21.3 Å². The molecule has 0 aromatic rings. The average molecular weight is 461 g/mol. The monoisotopic (exact) mass is 460 g/mol. The topological polar surface area (TPSA) is 116 Å². The third kappa shape index (κ3) is 10.2. The normalized spacial score (nSPS) is 14.5. The Bertz CT molecular complexity index is 546. The zero-order valence-electron chi connectivity index (χ0n) is 15.2. The molecule has 0 unspecified atom stereocenters. The molecule has 0 saturated carbocycles. The van der Waals surface area contributed by atoms with Gasteiger partial charge in [-0.25, -0.2) is 0 Å². The highest BCUT2D eigenvalue weighted by molar-refractivity contribution is 9.09. The van der Waals surface area contributed by atoms with Crippen LogP contribution in [0.4, 0.5) is 13.2 Å². The molecular formula is C15H24BrF3N4O4. The lowest BCUT2D eigenvalue weighted by atomic mass is 10.2. The van der Waals surface area contributed by atoms with Gasteiger partial charge in [0.2, 0.25) is 17.7 Å². The number of nitrogens with one attached hydrogen (secondary N) is 4. The third-order valence-electron chi connectivity index (χ3n) is 3.36. The number of hydrogen-bond donors (Lipinski definition) is 4. The second-order valence-electron chi connectivity index (χ2n) is 5.84. The molecule has 0 radical (unpaired) electrons. The number of amides is 4. The molecule has 0 aromatic heterocycles. The van der Waals surface area contributed by atoms with Crippen molar-refractivity contribution in [3.8, 4) is 0 Å². The van der Waals surface area contributed by atoms with E-state index in [1.54, 1.807) is 0 Å². The molecule has 0 fully saturated rings. The van der Waals surface area contributed by atoms with E-state index >= 15 is 0 Å². The maximum Gasteiger partial charge on any atom is 0.471 e. The van der Waals surface area contributed by atoms with E-state index in [4.69, 9.17) is 0 Å². The Labute approximate surface area is 163 Å². The molecule has 156 valence electrons. The van der Waals surface area contributed by atoms with E-state index in [0.29, 0.717) is 6.54 Å². The number of alkyl halides is 4. The molecule has 0 aliphatic carbocycles. The maximum atomic E-state index is 12.2. The van der Waals surface area contributed by atoms with Crippen LogP contribution in [-0.2, 0) is 19.2 Å². The molecular weight excluding hydrogens is 437 g/mol. The van der Waals surface area contributed by atoms with Gasteiger partial charge >= 0.3 is 12.1 Å². The van der Waals surface area contributed by atoms with Crippen molar-refractivity contribution in [3.63, 3.8) is 0 Å². The van der Waals surface area contributed by atoms with Gasteiger partial charge < -0.3 is 21.3 Å². The fourth-order valence-electron chi connectivity index (χ4n) is 1.74. The fourth-order valence-corrected chi connectivity index (χ4v) is 2.13. The molecule has 12 heteroatoms. The predicted octanol–water partition coefficient (Wildman–Crippen LogP) is 0.354. The van der Waals surface area contributed by atoms with Crippen molar-refractivity contribution in [2.45, 2.75) is 57.9 Å². The zero-order valence-corrected chi connectivity index (χ0v) is 16.8. The van der Waals surface area contributed by atoms with Crippen molar-refractivity contribution < 1.29 is 32.3 Å². The van der Waals surface area contributed by atoms with Gasteiger partial charge in [0.05, 0.1) is 0 Å². The fraction of sp³-hybridized carbons (Fsp3) is 0.733. The molecule has 0 saturated heterocycles. The Hall–Kier alpha value is -1.85. The maximum absolute atomic E-state index is 12.2. The summed E-state index contributed by atoms with van der Waals surface area (Å²) in [6.07, 6.45) is -3.46. The third-order valence-corrected chi connectivity index (χ3v) is 3.92. The summed E-state index contributed by atoms with van der Waals surface area (Å²) in [4.78, 5) is 46.4. The first-order chi connectivity index (χ1) is 12.4. The number of carbonyl (C=O) groups excluding carboxylic acids is 4. The Morgan fingerprint density at radius 1 is 0.815 bits per heavy atom. The van der Waals surface area contributed by atoms with Crippen LogP contribution in [0.2, 0.25) is 0 Å². The van der Waals surface area contributed by atoms with E-state index in [1.807, 2.05) is 0 Å². The van der Waals surface area contributed by atoms with Gasteiger partial charge in [-0.15, -0.1) is 0 Å². The standard InChI is InChI=1S/C15H24BrF3N4O4/c1-8(11(24)20-7-5-4-6-16)21-12(25)9(2)22-13(26)10(3)23-14(27)15(17,18)19/h8-10H,4-7H2,1-3H3,(H,20,24)(H,21,25)(H,22,26)(H,23,27)/t8-,9-,10-/m0/s1. The summed E-state index contributed by atoms with van der Waals surface area (Å²) in [5.74, 6) is -4.32. The Morgan fingerprint density at radius 3 is 1.70 bits per heavy atom. The summed E-state index contributed by atoms with van der Waals surface area (Å²) in [5, 5.41) is 9.49. The molecule has 0 rings (SSSR count). The van der Waals surface area contributed by atoms with E-state index in [1.165, 1.54) is 19.2 Å². The molecule has 0 spiro atoms. The Balaban J connectivity index is 4.41. The molecule has 0 aliphatic rings. The summed E-state index contributed by atoms with van der Waals surface area (Å²) >= 11 is 3.26. The van der Waals surface area contributed by atoms with Crippen molar-refractivity contribution in [3.05, 3.63) is 0 Å². The van der Waals surface area contributed by atoms with Crippen molar-refractivity contribution in [1.82, 2.24) is 21.3 Å². The lowest BCUT2D eigenvalue weighted by molar-refractivity contribution is -0.174. The van der Waals surface area contributed by atoms with Gasteiger partial charge in [0.15, 0.2) is 0 Å². The second-order valence-corrected chi connectivity index (χ2v) is 6.63. The lowest BCUT2D eigenvalue weighted by Crippen LogP contribution is -2.55. The number of carbonyl (C=O) groups is 4. The summed E-state index contributed by atoms with van der Waals surface area (Å²) < 4.78 is 36.5. The number of rotatable bonds is 10. The highest BCUT2D eigenvalue weighted by Gasteiger charge is 2.40. The van der Waals surface area contributed by atoms with Crippen LogP contribution in [0, 0.1) is 0 Å². The van der Waals surface area contributed by atoms with Crippen LogP contribution in [0.25, 0.3) is 0 Å². The van der Waals surface area contributed by atoms with Crippen molar-refractivity contribution in [2.24, 2.45) is 0 Å². The van der Waals surface area contributed by atoms with Gasteiger partial charge in [-0.05, 0) is 33.6 Å². The summed E-state index contributed by atoms with van der Waals surface area (Å²) in [6.45, 7) is 4.25. The van der Waals surface area contributed by atoms with E-state index < -0.39 is 47.9 Å². The number of halogens is 4. The number of unbranched alkanes of at least 4 members (excludes halogenated alkanes) is 1. The zero-order chi connectivity index (χ0) is 21.2. The van der Waals surface area contributed by atoms with Gasteiger partial charge in [-0.3, -0.25) is 19.2 Å². The molecule has 27 heavy (non-hydrogen) atoms. The van der Waals surface area contributed by atoms with Gasteiger partial charge in [-0.1, -0.05) is 15.9 Å². The SMILES string of the molecule is C[C@H](NC(=O)[C@H](C)NC(=O)[C@H](C)NC(=O)C(F)(F)F)C(=O)NCCCCBr. The molecule has 4 N–H and O–H groups in total. The largest absolute Gasteiger partial charge is 0.471 e. The smallest absolute Gasteiger partial charge is 0.354 e. The summed E-state index contributed by atoms with van der Waals surface area (Å²) in [5.41, 5.74) is 0. The first kappa shape index (κ1) is 25.1. The molecule has 8 nitrogen and oxygen atoms in total. The minimum absolute atomic E-state index is 0.401. The Kier molecular flexibility index (Phi) is 11.0. The summed E-state index contributed by atoms with van der Waals surface area (Å²) in [6, 6.07) is -3.47. The van der Waals surface area contributed by atoms with E-state index in [9.17, 15) is 32.3 Å². The van der Waals surface area contributed by atoms with E-state index in [0.717, 1.165) is 25.1 Å². The quantitative estimate of drug-likeness (QED) is 0.278. The molecule has 0 bridgehead atoms. The van der Waals surface area contributed by atoms with Crippen LogP contribution >= 0.6 is 15.9 Å². The first-order valence-corrected chi connectivity index (χ1v) is 9.34. The van der Waals surface area contributed by atoms with E-state index in [-0.39, 0.29) is 0 Å². The predicted molar refractivity (Wildman–Crippen MR) is 94.9 cm³/mol. The average Bonchev–Trinajstić information content (AvgIpc) is 2.57. The number of hydrogen-bond acceptors (Lipinski definition) is 4. The molecule has 0 aromatic carbocycles. The van der Waals surface area contributed by atoms with Crippen molar-refractivity contribution in [1.29, 1.82) is 0 Å². The first-order valence-electron chi connectivity index (χ1n) is 8.22. The molecule has 0 heterocycles. The lowest BCUT2D eigenvalue weighted by Gasteiger charge is -2.20. The van der Waals surface area contributed by atoms with Gasteiger partial charge in [0, 0.05) is 11.9 Å². The molecule has 4 amide bonds. The van der Waals surface area contributed by atoms with Crippen molar-refractivity contribution >= 4 is 39.6 Å². The molecule has 0 aliphatic heterocycles. The van der Waals surface area contributed by atoms with Crippen molar-refractivity contribution in [2.75, 3.05) is 11.9 Å². The minimum Gasteiger partial charge on any atom is -0.354 e. The van der Waals surface area contributed by atoms with Gasteiger partial charge in [0.1, 0.15) is 18.1 Å². The van der Waals surface area contributed by atoms with E-state index in [2.05, 4.69) is 31.9 Å². The second kappa shape index (κ2) is 11.8. The summed E-state index contributed by atoms with van der Waals surface area (Å²) in [7, 11) is 0. The highest BCUT2D eigenvalue weighted by atomic mass is 79.9. The molecule has 3 atom stereocenters. The highest BCUT2D eigenvalue weighted by Crippen LogP contribution is 2.14.